The monoisotopic (exact) mass is 388 g/mol. The highest BCUT2D eigenvalue weighted by Crippen LogP contribution is 2.63. The van der Waals surface area contributed by atoms with Crippen molar-refractivity contribution in [3.63, 3.8) is 0 Å². The first-order valence-electron chi connectivity index (χ1n) is 11.4. The summed E-state index contributed by atoms with van der Waals surface area (Å²) in [4.78, 5) is 5.18. The Kier molecular flexibility index (Phi) is 5.01. The van der Waals surface area contributed by atoms with Gasteiger partial charge in [-0.25, -0.2) is 0 Å². The van der Waals surface area contributed by atoms with Crippen molar-refractivity contribution in [3.05, 3.63) is 66.2 Å². The number of rotatable bonds is 6. The molecular formula is C27H36N2. The molecule has 2 aliphatic rings. The highest BCUT2D eigenvalue weighted by molar-refractivity contribution is 5.89. The summed E-state index contributed by atoms with van der Waals surface area (Å²) < 4.78 is 0. The Morgan fingerprint density at radius 2 is 1.72 bits per heavy atom. The topological polar surface area (TPSA) is 6.48 Å². The Hall–Kier alpha value is -2.22. The summed E-state index contributed by atoms with van der Waals surface area (Å²) in [5.74, 6) is 0. The SMILES string of the molecule is C=CC1(CC)C2N(C)c3c(CCCC)cccc3N2c2ccccc2C1(C)CC. The molecule has 0 aliphatic carbocycles. The van der Waals surface area contributed by atoms with E-state index in [2.05, 4.69) is 99.7 Å². The lowest BCUT2D eigenvalue weighted by molar-refractivity contribution is 0.129. The molecule has 4 rings (SSSR count). The van der Waals surface area contributed by atoms with Crippen molar-refractivity contribution in [3.8, 4) is 0 Å². The van der Waals surface area contributed by atoms with Crippen LogP contribution in [-0.4, -0.2) is 13.2 Å². The molecule has 0 N–H and O–H groups in total. The van der Waals surface area contributed by atoms with Crippen LogP contribution in [0, 0.1) is 5.41 Å². The van der Waals surface area contributed by atoms with Crippen LogP contribution < -0.4 is 9.80 Å². The first kappa shape index (κ1) is 20.1. The van der Waals surface area contributed by atoms with Crippen molar-refractivity contribution >= 4 is 17.1 Å². The van der Waals surface area contributed by atoms with E-state index in [-0.39, 0.29) is 17.0 Å². The molecule has 2 heterocycles. The lowest BCUT2D eigenvalue weighted by Gasteiger charge is -2.59. The molecule has 0 saturated heterocycles. The molecule has 2 aromatic rings. The van der Waals surface area contributed by atoms with Gasteiger partial charge in [-0.3, -0.25) is 0 Å². The minimum Gasteiger partial charge on any atom is -0.351 e. The summed E-state index contributed by atoms with van der Waals surface area (Å²) >= 11 is 0. The van der Waals surface area contributed by atoms with Gasteiger partial charge in [-0.1, -0.05) is 70.5 Å². The van der Waals surface area contributed by atoms with Crippen LogP contribution in [0.5, 0.6) is 0 Å². The normalized spacial score (nSPS) is 27.4. The highest BCUT2D eigenvalue weighted by Gasteiger charge is 2.60. The van der Waals surface area contributed by atoms with Crippen molar-refractivity contribution in [1.82, 2.24) is 0 Å². The quantitative estimate of drug-likeness (QED) is 0.482. The zero-order valence-corrected chi connectivity index (χ0v) is 18.8. The molecule has 3 atom stereocenters. The molecule has 2 heteroatoms. The summed E-state index contributed by atoms with van der Waals surface area (Å²) in [7, 11) is 2.30. The van der Waals surface area contributed by atoms with E-state index in [4.69, 9.17) is 0 Å². The van der Waals surface area contributed by atoms with E-state index in [9.17, 15) is 0 Å². The van der Waals surface area contributed by atoms with E-state index in [1.807, 2.05) is 0 Å². The van der Waals surface area contributed by atoms with Crippen molar-refractivity contribution < 1.29 is 0 Å². The molecule has 154 valence electrons. The fourth-order valence-electron chi connectivity index (χ4n) is 6.27. The van der Waals surface area contributed by atoms with Crippen LogP contribution >= 0.6 is 0 Å². The van der Waals surface area contributed by atoms with Crippen molar-refractivity contribution in [2.45, 2.75) is 71.4 Å². The molecule has 0 amide bonds. The third kappa shape index (κ3) is 2.47. The maximum absolute atomic E-state index is 4.42. The number of benzene rings is 2. The molecular weight excluding hydrogens is 352 g/mol. The van der Waals surface area contributed by atoms with Crippen LogP contribution in [0.25, 0.3) is 0 Å². The molecule has 0 radical (unpaired) electrons. The average molecular weight is 389 g/mol. The number of fused-ring (bicyclic) bond motifs is 5. The Labute approximate surface area is 177 Å². The number of nitrogens with zero attached hydrogens (tertiary/aromatic N) is 2. The molecule has 29 heavy (non-hydrogen) atoms. The van der Waals surface area contributed by atoms with Crippen LogP contribution in [-0.2, 0) is 11.8 Å². The van der Waals surface area contributed by atoms with E-state index >= 15 is 0 Å². The number of hydrogen-bond donors (Lipinski definition) is 0. The van der Waals surface area contributed by atoms with Crippen LogP contribution in [0.2, 0.25) is 0 Å². The largest absolute Gasteiger partial charge is 0.351 e. The standard InChI is InChI=1S/C27H36N2/c1-7-11-15-20-16-14-19-23-24(20)28(6)25-27(9-3,10-4)26(5,8-2)21-17-12-13-18-22(21)29(23)25/h9,12-14,16-19,25H,3,7-8,10-11,15H2,1-2,4-6H3. The maximum Gasteiger partial charge on any atom is 0.116 e. The van der Waals surface area contributed by atoms with Crippen molar-refractivity contribution in [1.29, 1.82) is 0 Å². The van der Waals surface area contributed by atoms with Crippen LogP contribution in [0.15, 0.2) is 55.1 Å². The van der Waals surface area contributed by atoms with Gasteiger partial charge in [-0.05, 0) is 48.9 Å². The lowest BCUT2D eigenvalue weighted by Crippen LogP contribution is -2.62. The van der Waals surface area contributed by atoms with E-state index in [0.29, 0.717) is 0 Å². The average Bonchev–Trinajstić information content (AvgIpc) is 3.07. The Morgan fingerprint density at radius 1 is 1.00 bits per heavy atom. The number of aryl methyl sites for hydroxylation is 1. The van der Waals surface area contributed by atoms with E-state index in [1.54, 1.807) is 0 Å². The van der Waals surface area contributed by atoms with Crippen LogP contribution in [0.3, 0.4) is 0 Å². The summed E-state index contributed by atoms with van der Waals surface area (Å²) in [6, 6.07) is 16.0. The third-order valence-corrected chi connectivity index (χ3v) is 8.02. The Bertz CT molecular complexity index is 917. The van der Waals surface area contributed by atoms with Crippen LogP contribution in [0.1, 0.15) is 64.5 Å². The first-order valence-corrected chi connectivity index (χ1v) is 11.4. The van der Waals surface area contributed by atoms with E-state index in [1.165, 1.54) is 41.0 Å². The molecule has 0 fully saturated rings. The summed E-state index contributed by atoms with van der Waals surface area (Å²) in [5.41, 5.74) is 7.09. The number of para-hydroxylation sites is 2. The Morgan fingerprint density at radius 3 is 2.38 bits per heavy atom. The first-order chi connectivity index (χ1) is 14.0. The van der Waals surface area contributed by atoms with Gasteiger partial charge in [0.05, 0.1) is 11.4 Å². The predicted molar refractivity (Wildman–Crippen MR) is 126 cm³/mol. The van der Waals surface area contributed by atoms with Gasteiger partial charge in [0.2, 0.25) is 0 Å². The summed E-state index contributed by atoms with van der Waals surface area (Å²) in [5, 5.41) is 0. The zero-order chi connectivity index (χ0) is 20.8. The van der Waals surface area contributed by atoms with Crippen LogP contribution in [0.4, 0.5) is 17.1 Å². The van der Waals surface area contributed by atoms with Gasteiger partial charge in [-0.15, -0.1) is 6.58 Å². The molecule has 0 aromatic heterocycles. The van der Waals surface area contributed by atoms with E-state index < -0.39 is 0 Å². The second-order valence-electron chi connectivity index (χ2n) is 9.04. The van der Waals surface area contributed by atoms with Gasteiger partial charge in [-0.2, -0.15) is 0 Å². The molecule has 0 saturated carbocycles. The second kappa shape index (κ2) is 7.23. The zero-order valence-electron chi connectivity index (χ0n) is 18.8. The molecule has 3 unspecified atom stereocenters. The smallest absolute Gasteiger partial charge is 0.116 e. The van der Waals surface area contributed by atoms with E-state index in [0.717, 1.165) is 19.3 Å². The second-order valence-corrected chi connectivity index (χ2v) is 9.04. The fraction of sp³-hybridized carbons (Fsp3) is 0.481. The van der Waals surface area contributed by atoms with Gasteiger partial charge < -0.3 is 9.80 Å². The Balaban J connectivity index is 2.02. The molecule has 2 aliphatic heterocycles. The minimum absolute atomic E-state index is 0.0358. The molecule has 0 spiro atoms. The summed E-state index contributed by atoms with van der Waals surface area (Å²) in [6.07, 6.45) is 8.30. The predicted octanol–water partition coefficient (Wildman–Crippen LogP) is 7.21. The third-order valence-electron chi connectivity index (χ3n) is 8.02. The summed E-state index contributed by atoms with van der Waals surface area (Å²) in [6.45, 7) is 13.8. The maximum atomic E-state index is 4.42. The number of anilines is 3. The fourth-order valence-corrected chi connectivity index (χ4v) is 6.27. The number of hydrogen-bond acceptors (Lipinski definition) is 2. The molecule has 0 bridgehead atoms. The minimum atomic E-state index is -0.0358. The highest BCUT2D eigenvalue weighted by atomic mass is 15.4. The molecule has 2 aromatic carbocycles. The molecule has 2 nitrogen and oxygen atoms in total. The number of unbranched alkanes of at least 4 members (excludes halogenated alkanes) is 1. The van der Waals surface area contributed by atoms with Gasteiger partial charge in [0, 0.05) is 23.6 Å². The van der Waals surface area contributed by atoms with Gasteiger partial charge in [0.25, 0.3) is 0 Å². The lowest BCUT2D eigenvalue weighted by atomic mass is 9.54. The van der Waals surface area contributed by atoms with Crippen molar-refractivity contribution in [2.24, 2.45) is 5.41 Å². The van der Waals surface area contributed by atoms with Gasteiger partial charge >= 0.3 is 0 Å². The van der Waals surface area contributed by atoms with Gasteiger partial charge in [0.1, 0.15) is 6.17 Å². The van der Waals surface area contributed by atoms with Gasteiger partial charge in [0.15, 0.2) is 0 Å². The van der Waals surface area contributed by atoms with Crippen molar-refractivity contribution in [2.75, 3.05) is 16.8 Å².